The van der Waals surface area contributed by atoms with Crippen molar-refractivity contribution >= 4 is 5.82 Å². The van der Waals surface area contributed by atoms with Crippen molar-refractivity contribution in [1.82, 2.24) is 39.3 Å². The Kier molecular flexibility index (Phi) is 5.25. The number of hydrogen-bond donors (Lipinski definition) is 0. The first-order chi connectivity index (χ1) is 16.3. The minimum Gasteiger partial charge on any atom is -0.344 e. The second-order valence-corrected chi connectivity index (χ2v) is 7.78. The second kappa shape index (κ2) is 8.15. The van der Waals surface area contributed by atoms with Crippen LogP contribution in [0.4, 0.5) is 23.4 Å². The van der Waals surface area contributed by atoms with Crippen LogP contribution in [0.1, 0.15) is 37.5 Å². The van der Waals surface area contributed by atoms with Gasteiger partial charge in [-0.25, -0.2) is 19.3 Å². The molecule has 1 aliphatic heterocycles. The molecule has 0 saturated carbocycles. The summed E-state index contributed by atoms with van der Waals surface area (Å²) in [6, 6.07) is 2.29. The third kappa shape index (κ3) is 3.76. The topological polar surface area (TPSA) is 90.4 Å². The van der Waals surface area contributed by atoms with E-state index in [2.05, 4.69) is 30.1 Å². The highest BCUT2D eigenvalue weighted by Crippen LogP contribution is 2.39. The molecule has 0 bridgehead atoms. The van der Waals surface area contributed by atoms with Gasteiger partial charge in [-0.15, -0.1) is 10.2 Å². The molecule has 0 fully saturated rings. The van der Waals surface area contributed by atoms with Crippen LogP contribution in [0.2, 0.25) is 0 Å². The van der Waals surface area contributed by atoms with Crippen molar-refractivity contribution in [3.8, 4) is 23.2 Å². The average molecular weight is 473 g/mol. The number of fused-ring (bicyclic) bond motifs is 3. The molecule has 4 aromatic heterocycles. The van der Waals surface area contributed by atoms with Crippen molar-refractivity contribution in [2.45, 2.75) is 38.9 Å². The first-order valence-corrected chi connectivity index (χ1v) is 10.5. The monoisotopic (exact) mass is 473 g/mol. The Balaban J connectivity index is 1.64. The summed E-state index contributed by atoms with van der Waals surface area (Å²) >= 11 is 0. The SMILES string of the molecule is CCC1c2nnc(C)n2-c2cnc(-n3ccnc3-c3ccc(F)cn3)nc2N1CCC(F)(F)F. The molecule has 0 saturated heterocycles. The van der Waals surface area contributed by atoms with Crippen molar-refractivity contribution in [2.75, 3.05) is 11.4 Å². The molecule has 13 heteroatoms. The fourth-order valence-electron chi connectivity index (χ4n) is 4.10. The molecule has 4 aromatic rings. The van der Waals surface area contributed by atoms with Crippen LogP contribution in [-0.4, -0.2) is 52.0 Å². The van der Waals surface area contributed by atoms with Gasteiger partial charge in [0.05, 0.1) is 24.9 Å². The number of pyridine rings is 1. The Labute approximate surface area is 191 Å². The van der Waals surface area contributed by atoms with Gasteiger partial charge in [0.2, 0.25) is 5.95 Å². The summed E-state index contributed by atoms with van der Waals surface area (Å²) in [4.78, 5) is 19.0. The largest absolute Gasteiger partial charge is 0.390 e. The number of rotatable bonds is 5. The second-order valence-electron chi connectivity index (χ2n) is 7.78. The molecule has 0 aromatic carbocycles. The predicted octanol–water partition coefficient (Wildman–Crippen LogP) is 3.98. The Morgan fingerprint density at radius 2 is 1.88 bits per heavy atom. The van der Waals surface area contributed by atoms with Crippen LogP contribution in [0, 0.1) is 12.7 Å². The first-order valence-electron chi connectivity index (χ1n) is 10.5. The van der Waals surface area contributed by atoms with Gasteiger partial charge >= 0.3 is 6.18 Å². The highest BCUT2D eigenvalue weighted by Gasteiger charge is 2.37. The zero-order valence-electron chi connectivity index (χ0n) is 18.2. The van der Waals surface area contributed by atoms with Gasteiger partial charge in [0.25, 0.3) is 0 Å². The van der Waals surface area contributed by atoms with Crippen molar-refractivity contribution in [3.63, 3.8) is 0 Å². The lowest BCUT2D eigenvalue weighted by atomic mass is 10.1. The fraction of sp³-hybridized carbons (Fsp3) is 0.333. The molecule has 0 spiro atoms. The van der Waals surface area contributed by atoms with Crippen LogP contribution in [0.3, 0.4) is 0 Å². The maximum Gasteiger partial charge on any atom is 0.390 e. The Morgan fingerprint density at radius 3 is 2.59 bits per heavy atom. The van der Waals surface area contributed by atoms with Crippen LogP contribution >= 0.6 is 0 Å². The van der Waals surface area contributed by atoms with Gasteiger partial charge in [0, 0.05) is 18.9 Å². The summed E-state index contributed by atoms with van der Waals surface area (Å²) in [6.45, 7) is 3.34. The van der Waals surface area contributed by atoms with Crippen molar-refractivity contribution in [1.29, 1.82) is 0 Å². The van der Waals surface area contributed by atoms with Crippen LogP contribution in [0.15, 0.2) is 36.9 Å². The van der Waals surface area contributed by atoms with E-state index in [0.29, 0.717) is 41.1 Å². The average Bonchev–Trinajstić information content (AvgIpc) is 3.44. The number of halogens is 4. The molecule has 9 nitrogen and oxygen atoms in total. The van der Waals surface area contributed by atoms with Crippen molar-refractivity contribution in [2.24, 2.45) is 0 Å². The van der Waals surface area contributed by atoms with E-state index in [4.69, 9.17) is 0 Å². The normalized spacial score (nSPS) is 15.4. The third-order valence-electron chi connectivity index (χ3n) is 5.61. The molecule has 176 valence electrons. The summed E-state index contributed by atoms with van der Waals surface area (Å²) in [7, 11) is 0. The number of anilines is 1. The van der Waals surface area contributed by atoms with E-state index in [-0.39, 0.29) is 12.5 Å². The van der Waals surface area contributed by atoms with Crippen molar-refractivity contribution < 1.29 is 17.6 Å². The maximum absolute atomic E-state index is 13.3. The molecular weight excluding hydrogens is 454 g/mol. The van der Waals surface area contributed by atoms with Crippen molar-refractivity contribution in [3.05, 3.63) is 54.4 Å². The standard InChI is InChI=1S/C21H19F4N9/c1-3-15-19-31-30-12(2)34(19)16-11-28-20(29-18(16)32(15)8-6-21(23,24)25)33-9-7-26-17(33)14-5-4-13(22)10-27-14/h4-5,7,9-11,15H,3,6,8H2,1-2H3. The Hall–Kier alpha value is -3.90. The summed E-state index contributed by atoms with van der Waals surface area (Å²) in [5, 5.41) is 8.34. The van der Waals surface area contributed by atoms with E-state index < -0.39 is 24.5 Å². The van der Waals surface area contributed by atoms with Gasteiger partial charge in [-0.3, -0.25) is 9.13 Å². The number of nitrogens with zero attached hydrogens (tertiary/aromatic N) is 9. The van der Waals surface area contributed by atoms with Gasteiger partial charge in [-0.2, -0.15) is 18.2 Å². The highest BCUT2D eigenvalue weighted by atomic mass is 19.4. The molecule has 5 heterocycles. The quantitative estimate of drug-likeness (QED) is 0.405. The molecule has 0 amide bonds. The minimum atomic E-state index is -4.33. The number of alkyl halides is 3. The molecule has 0 radical (unpaired) electrons. The summed E-state index contributed by atoms with van der Waals surface area (Å²) in [6.07, 6.45) is 0.894. The van der Waals surface area contributed by atoms with Gasteiger partial charge in [0.15, 0.2) is 17.5 Å². The maximum atomic E-state index is 13.3. The first kappa shape index (κ1) is 21.9. The fourth-order valence-corrected chi connectivity index (χ4v) is 4.10. The van der Waals surface area contributed by atoms with E-state index >= 15 is 0 Å². The lowest BCUT2D eigenvalue weighted by Crippen LogP contribution is -2.38. The van der Waals surface area contributed by atoms with E-state index in [1.165, 1.54) is 24.5 Å². The lowest BCUT2D eigenvalue weighted by Gasteiger charge is -2.37. The highest BCUT2D eigenvalue weighted by molar-refractivity contribution is 5.63. The number of aryl methyl sites for hydroxylation is 1. The molecule has 34 heavy (non-hydrogen) atoms. The van der Waals surface area contributed by atoms with E-state index in [9.17, 15) is 17.6 Å². The number of aromatic nitrogens is 8. The smallest absolute Gasteiger partial charge is 0.344 e. The molecular formula is C21H19F4N9. The van der Waals surface area contributed by atoms with Crippen LogP contribution in [0.25, 0.3) is 23.2 Å². The Bertz CT molecular complexity index is 1330. The number of hydrogen-bond acceptors (Lipinski definition) is 7. The lowest BCUT2D eigenvalue weighted by molar-refractivity contribution is -0.132. The minimum absolute atomic E-state index is 0.193. The van der Waals surface area contributed by atoms with Gasteiger partial charge in [-0.1, -0.05) is 6.92 Å². The van der Waals surface area contributed by atoms with E-state index in [1.807, 2.05) is 6.92 Å². The van der Waals surface area contributed by atoms with Crippen LogP contribution in [0.5, 0.6) is 0 Å². The number of imidazole rings is 1. The third-order valence-corrected chi connectivity index (χ3v) is 5.61. The molecule has 0 N–H and O–H groups in total. The summed E-state index contributed by atoms with van der Waals surface area (Å²) in [5.41, 5.74) is 0.889. The Morgan fingerprint density at radius 1 is 1.06 bits per heavy atom. The molecule has 1 aliphatic rings. The molecule has 5 rings (SSSR count). The summed E-state index contributed by atoms with van der Waals surface area (Å²) < 4.78 is 56.1. The van der Waals surface area contributed by atoms with Crippen LogP contribution < -0.4 is 4.90 Å². The zero-order valence-corrected chi connectivity index (χ0v) is 18.2. The zero-order chi connectivity index (χ0) is 24.0. The van der Waals surface area contributed by atoms with Gasteiger partial charge in [0.1, 0.15) is 23.0 Å². The van der Waals surface area contributed by atoms with Crippen LogP contribution in [-0.2, 0) is 0 Å². The van der Waals surface area contributed by atoms with E-state index in [0.717, 1.165) is 6.20 Å². The van der Waals surface area contributed by atoms with Gasteiger partial charge < -0.3 is 4.90 Å². The van der Waals surface area contributed by atoms with E-state index in [1.54, 1.807) is 27.2 Å². The molecule has 1 unspecified atom stereocenters. The molecule has 0 aliphatic carbocycles. The predicted molar refractivity (Wildman–Crippen MR) is 113 cm³/mol. The molecule has 1 atom stereocenters. The van der Waals surface area contributed by atoms with Gasteiger partial charge in [-0.05, 0) is 25.5 Å². The summed E-state index contributed by atoms with van der Waals surface area (Å²) in [5.74, 6) is 1.54.